The highest BCUT2D eigenvalue weighted by molar-refractivity contribution is 5.80. The Bertz CT molecular complexity index is 816. The molecule has 0 aliphatic heterocycles. The number of rotatable bonds is 2. The molecule has 2 N–H and O–H groups in total. The van der Waals surface area contributed by atoms with E-state index in [4.69, 9.17) is 9.52 Å². The van der Waals surface area contributed by atoms with Crippen molar-refractivity contribution < 1.29 is 14.6 Å². The molecule has 0 atom stereocenters. The van der Waals surface area contributed by atoms with Crippen molar-refractivity contribution in [3.8, 4) is 17.1 Å². The standard InChI is InChI=1S/C16H12O4/c17-9-10-1-3-11(4-2-10)16-8-14(19)13-7-12(18)5-6-15(13)20-16/h1-8,17-18H,9H2. The second-order valence-corrected chi connectivity index (χ2v) is 4.51. The summed E-state index contributed by atoms with van der Waals surface area (Å²) in [6.07, 6.45) is 0. The molecule has 0 saturated carbocycles. The van der Waals surface area contributed by atoms with Crippen LogP contribution in [0, 0.1) is 0 Å². The minimum Gasteiger partial charge on any atom is -0.508 e. The van der Waals surface area contributed by atoms with Crippen molar-refractivity contribution in [1.82, 2.24) is 0 Å². The van der Waals surface area contributed by atoms with Gasteiger partial charge in [0, 0.05) is 11.6 Å². The molecule has 1 heterocycles. The summed E-state index contributed by atoms with van der Waals surface area (Å²) >= 11 is 0. The summed E-state index contributed by atoms with van der Waals surface area (Å²) in [7, 11) is 0. The third-order valence-electron chi connectivity index (χ3n) is 3.13. The van der Waals surface area contributed by atoms with E-state index in [1.165, 1.54) is 18.2 Å². The van der Waals surface area contributed by atoms with Gasteiger partial charge in [-0.15, -0.1) is 0 Å². The summed E-state index contributed by atoms with van der Waals surface area (Å²) < 4.78 is 5.68. The Morgan fingerprint density at radius 2 is 1.75 bits per heavy atom. The van der Waals surface area contributed by atoms with Crippen LogP contribution in [0.2, 0.25) is 0 Å². The maximum absolute atomic E-state index is 12.0. The molecule has 0 fully saturated rings. The fourth-order valence-corrected chi connectivity index (χ4v) is 2.06. The predicted octanol–water partition coefficient (Wildman–Crippen LogP) is 2.66. The molecule has 3 rings (SSSR count). The Kier molecular flexibility index (Phi) is 3.00. The summed E-state index contributed by atoms with van der Waals surface area (Å²) in [4.78, 5) is 12.0. The van der Waals surface area contributed by atoms with Crippen molar-refractivity contribution in [2.24, 2.45) is 0 Å². The fourth-order valence-electron chi connectivity index (χ4n) is 2.06. The van der Waals surface area contributed by atoms with Gasteiger partial charge >= 0.3 is 0 Å². The predicted molar refractivity (Wildman–Crippen MR) is 75.5 cm³/mol. The Balaban J connectivity index is 2.16. The van der Waals surface area contributed by atoms with Gasteiger partial charge in [-0.2, -0.15) is 0 Å². The van der Waals surface area contributed by atoms with E-state index in [-0.39, 0.29) is 17.8 Å². The molecule has 0 unspecified atom stereocenters. The molecule has 0 amide bonds. The average Bonchev–Trinajstić information content (AvgIpc) is 2.48. The van der Waals surface area contributed by atoms with E-state index in [1.807, 2.05) is 0 Å². The molecule has 1 aromatic heterocycles. The minimum atomic E-state index is -0.205. The number of aliphatic hydroxyl groups excluding tert-OH is 1. The number of benzene rings is 2. The number of aliphatic hydroxyl groups is 1. The first-order chi connectivity index (χ1) is 9.67. The molecule has 2 aromatic carbocycles. The minimum absolute atomic E-state index is 0.0266. The molecule has 0 radical (unpaired) electrons. The third-order valence-corrected chi connectivity index (χ3v) is 3.13. The lowest BCUT2D eigenvalue weighted by atomic mass is 10.1. The zero-order valence-electron chi connectivity index (χ0n) is 10.5. The lowest BCUT2D eigenvalue weighted by Gasteiger charge is -2.04. The van der Waals surface area contributed by atoms with Crippen molar-refractivity contribution in [2.75, 3.05) is 0 Å². The molecule has 0 saturated heterocycles. The van der Waals surface area contributed by atoms with Gasteiger partial charge in [0.05, 0.1) is 12.0 Å². The maximum atomic E-state index is 12.0. The smallest absolute Gasteiger partial charge is 0.193 e. The average molecular weight is 268 g/mol. The van der Waals surface area contributed by atoms with E-state index < -0.39 is 0 Å². The second kappa shape index (κ2) is 4.83. The van der Waals surface area contributed by atoms with Gasteiger partial charge in [-0.3, -0.25) is 4.79 Å². The van der Waals surface area contributed by atoms with E-state index >= 15 is 0 Å². The van der Waals surface area contributed by atoms with Crippen LogP contribution in [0.1, 0.15) is 5.56 Å². The van der Waals surface area contributed by atoms with Crippen LogP contribution < -0.4 is 5.43 Å². The Morgan fingerprint density at radius 1 is 1.00 bits per heavy atom. The van der Waals surface area contributed by atoms with Crippen LogP contribution in [0.3, 0.4) is 0 Å². The molecule has 20 heavy (non-hydrogen) atoms. The highest BCUT2D eigenvalue weighted by atomic mass is 16.3. The summed E-state index contributed by atoms with van der Waals surface area (Å²) in [5.74, 6) is 0.488. The topological polar surface area (TPSA) is 70.7 Å². The summed E-state index contributed by atoms with van der Waals surface area (Å²) in [6, 6.07) is 13.0. The lowest BCUT2D eigenvalue weighted by Crippen LogP contribution is -2.00. The molecule has 0 spiro atoms. The quantitative estimate of drug-likeness (QED) is 0.749. The van der Waals surface area contributed by atoms with E-state index in [9.17, 15) is 9.90 Å². The second-order valence-electron chi connectivity index (χ2n) is 4.51. The molecule has 4 nitrogen and oxygen atoms in total. The van der Waals surface area contributed by atoms with Gasteiger partial charge in [0.1, 0.15) is 17.1 Å². The first-order valence-electron chi connectivity index (χ1n) is 6.14. The van der Waals surface area contributed by atoms with Crippen LogP contribution in [0.5, 0.6) is 5.75 Å². The van der Waals surface area contributed by atoms with Crippen molar-refractivity contribution >= 4 is 11.0 Å². The summed E-state index contributed by atoms with van der Waals surface area (Å²) in [5, 5.41) is 18.8. The lowest BCUT2D eigenvalue weighted by molar-refractivity contribution is 0.282. The summed E-state index contributed by atoms with van der Waals surface area (Å²) in [5.41, 5.74) is 1.77. The molecule has 0 aliphatic rings. The monoisotopic (exact) mass is 268 g/mol. The van der Waals surface area contributed by atoms with Gasteiger partial charge in [0.15, 0.2) is 5.43 Å². The Labute approximate surface area is 114 Å². The van der Waals surface area contributed by atoms with Crippen LogP contribution in [-0.2, 0) is 6.61 Å². The molecule has 0 aliphatic carbocycles. The number of hydrogen-bond acceptors (Lipinski definition) is 4. The zero-order valence-corrected chi connectivity index (χ0v) is 10.5. The Morgan fingerprint density at radius 3 is 2.45 bits per heavy atom. The fraction of sp³-hybridized carbons (Fsp3) is 0.0625. The number of phenols is 1. The van der Waals surface area contributed by atoms with Crippen LogP contribution >= 0.6 is 0 Å². The van der Waals surface area contributed by atoms with Gasteiger partial charge < -0.3 is 14.6 Å². The van der Waals surface area contributed by atoms with Gasteiger partial charge in [-0.05, 0) is 23.8 Å². The number of fused-ring (bicyclic) bond motifs is 1. The van der Waals surface area contributed by atoms with Crippen molar-refractivity contribution in [1.29, 1.82) is 0 Å². The van der Waals surface area contributed by atoms with E-state index in [0.29, 0.717) is 16.7 Å². The van der Waals surface area contributed by atoms with Gasteiger partial charge in [0.2, 0.25) is 0 Å². The van der Waals surface area contributed by atoms with Crippen molar-refractivity contribution in [3.05, 3.63) is 64.3 Å². The van der Waals surface area contributed by atoms with Crippen molar-refractivity contribution in [3.63, 3.8) is 0 Å². The summed E-state index contributed by atoms with van der Waals surface area (Å²) in [6.45, 7) is -0.0266. The van der Waals surface area contributed by atoms with E-state index in [2.05, 4.69) is 0 Å². The Hall–Kier alpha value is -2.59. The van der Waals surface area contributed by atoms with E-state index in [0.717, 1.165) is 11.1 Å². The molecule has 4 heteroatoms. The first kappa shape index (κ1) is 12.4. The number of phenolic OH excluding ortho intramolecular Hbond substituents is 1. The third kappa shape index (κ3) is 2.17. The molecule has 100 valence electrons. The zero-order chi connectivity index (χ0) is 14.1. The molecular formula is C16H12O4. The van der Waals surface area contributed by atoms with Crippen LogP contribution in [-0.4, -0.2) is 10.2 Å². The van der Waals surface area contributed by atoms with Gasteiger partial charge in [-0.1, -0.05) is 24.3 Å². The molecule has 0 bridgehead atoms. The number of hydrogen-bond donors (Lipinski definition) is 2. The highest BCUT2D eigenvalue weighted by Gasteiger charge is 2.07. The number of aromatic hydroxyl groups is 1. The first-order valence-corrected chi connectivity index (χ1v) is 6.14. The molecular weight excluding hydrogens is 256 g/mol. The normalized spacial score (nSPS) is 10.8. The largest absolute Gasteiger partial charge is 0.508 e. The maximum Gasteiger partial charge on any atom is 0.193 e. The van der Waals surface area contributed by atoms with Crippen LogP contribution in [0.15, 0.2) is 57.7 Å². The van der Waals surface area contributed by atoms with E-state index in [1.54, 1.807) is 30.3 Å². The van der Waals surface area contributed by atoms with Crippen LogP contribution in [0.25, 0.3) is 22.3 Å². The van der Waals surface area contributed by atoms with Crippen molar-refractivity contribution in [2.45, 2.75) is 6.61 Å². The molecule has 3 aromatic rings. The highest BCUT2D eigenvalue weighted by Crippen LogP contribution is 2.24. The van der Waals surface area contributed by atoms with Crippen LogP contribution in [0.4, 0.5) is 0 Å². The SMILES string of the molecule is O=c1cc(-c2ccc(CO)cc2)oc2ccc(O)cc12. The van der Waals surface area contributed by atoms with Gasteiger partial charge in [0.25, 0.3) is 0 Å². The van der Waals surface area contributed by atoms with Gasteiger partial charge in [-0.25, -0.2) is 0 Å².